The van der Waals surface area contributed by atoms with Gasteiger partial charge in [-0.2, -0.15) is 4.31 Å². The fourth-order valence-corrected chi connectivity index (χ4v) is 4.32. The first-order valence-corrected chi connectivity index (χ1v) is 9.23. The summed E-state index contributed by atoms with van der Waals surface area (Å²) in [4.78, 5) is 1.51. The third-order valence-electron chi connectivity index (χ3n) is 4.30. The van der Waals surface area contributed by atoms with E-state index in [4.69, 9.17) is 4.74 Å². The van der Waals surface area contributed by atoms with Crippen LogP contribution < -0.4 is 22.0 Å². The lowest BCUT2D eigenvalue weighted by Crippen LogP contribution is -3.10. The third kappa shape index (κ3) is 4.24. The highest BCUT2D eigenvalue weighted by Gasteiger charge is 2.31. The van der Waals surface area contributed by atoms with Crippen LogP contribution in [0.1, 0.15) is 0 Å². The van der Waals surface area contributed by atoms with Gasteiger partial charge in [0.25, 0.3) is 0 Å². The molecule has 0 aliphatic carbocycles. The van der Waals surface area contributed by atoms with Crippen molar-refractivity contribution in [2.45, 2.75) is 4.90 Å². The van der Waals surface area contributed by atoms with E-state index in [9.17, 15) is 13.5 Å². The Hall–Kier alpha value is -1.80. The van der Waals surface area contributed by atoms with Gasteiger partial charge < -0.3 is 27.2 Å². The molecule has 2 aromatic carbocycles. The highest BCUT2D eigenvalue weighted by atomic mass is 35.5. The molecule has 25 heavy (non-hydrogen) atoms. The van der Waals surface area contributed by atoms with Crippen molar-refractivity contribution in [2.24, 2.45) is 0 Å². The van der Waals surface area contributed by atoms with Crippen molar-refractivity contribution in [3.05, 3.63) is 48.5 Å². The molecule has 0 radical (unpaired) electrons. The summed E-state index contributed by atoms with van der Waals surface area (Å²) >= 11 is 0. The first-order chi connectivity index (χ1) is 11.5. The van der Waals surface area contributed by atoms with Gasteiger partial charge in [-0.15, -0.1) is 0 Å². The minimum Gasteiger partial charge on any atom is -1.00 e. The number of quaternary nitrogens is 1. The topological polar surface area (TPSA) is 71.3 Å². The Morgan fingerprint density at radius 2 is 1.56 bits per heavy atom. The van der Waals surface area contributed by atoms with Crippen LogP contribution in [-0.2, 0) is 10.0 Å². The number of phenols is 1. The summed E-state index contributed by atoms with van der Waals surface area (Å²) in [5.41, 5.74) is 1.06. The molecule has 0 atom stereocenters. The van der Waals surface area contributed by atoms with Crippen molar-refractivity contribution in [1.29, 1.82) is 0 Å². The van der Waals surface area contributed by atoms with Gasteiger partial charge in [0.15, 0.2) is 0 Å². The van der Waals surface area contributed by atoms with Gasteiger partial charge in [-0.25, -0.2) is 8.42 Å². The lowest BCUT2D eigenvalue weighted by atomic mass is 10.2. The fraction of sp³-hybridized carbons (Fsp3) is 0.294. The normalized spacial score (nSPS) is 16.2. The highest BCUT2D eigenvalue weighted by Crippen LogP contribution is 2.19. The zero-order chi connectivity index (χ0) is 17.2. The number of benzene rings is 2. The first-order valence-electron chi connectivity index (χ1n) is 7.79. The number of methoxy groups -OCH3 is 1. The van der Waals surface area contributed by atoms with Crippen LogP contribution in [0.2, 0.25) is 0 Å². The van der Waals surface area contributed by atoms with Crippen molar-refractivity contribution < 1.29 is 35.6 Å². The number of ether oxygens (including phenoxy) is 1. The van der Waals surface area contributed by atoms with E-state index in [0.717, 1.165) is 5.69 Å². The molecule has 1 saturated heterocycles. The number of hydrogen-bond donors (Lipinski definition) is 2. The molecule has 1 heterocycles. The van der Waals surface area contributed by atoms with Crippen LogP contribution in [0.3, 0.4) is 0 Å². The molecule has 0 amide bonds. The van der Waals surface area contributed by atoms with Crippen molar-refractivity contribution in [1.82, 2.24) is 4.31 Å². The summed E-state index contributed by atoms with van der Waals surface area (Å²) in [7, 11) is -1.92. The van der Waals surface area contributed by atoms with E-state index in [1.807, 2.05) is 12.1 Å². The molecule has 1 fully saturated rings. The molecule has 0 bridgehead atoms. The summed E-state index contributed by atoms with van der Waals surface area (Å²) in [6.45, 7) is 2.31. The zero-order valence-corrected chi connectivity index (χ0v) is 15.4. The Kier molecular flexibility index (Phi) is 6.29. The summed E-state index contributed by atoms with van der Waals surface area (Å²) in [5, 5.41) is 9.36. The molecular formula is C17H21ClN2O4S. The Morgan fingerprint density at radius 1 is 1.00 bits per heavy atom. The molecule has 1 aliphatic rings. The standard InChI is InChI=1S/C17H20N2O4S.ClH/c1-23-16-6-8-17(9-7-16)24(21,22)19-12-10-18(11-13-19)14-2-4-15(20)5-3-14;/h2-9,20H,10-13H2,1H3;1H. The van der Waals surface area contributed by atoms with E-state index in [1.165, 1.54) is 9.21 Å². The predicted octanol–water partition coefficient (Wildman–Crippen LogP) is -2.37. The third-order valence-corrected chi connectivity index (χ3v) is 6.21. The Labute approximate surface area is 154 Å². The summed E-state index contributed by atoms with van der Waals surface area (Å²) < 4.78 is 32.0. The number of aromatic hydroxyl groups is 1. The number of hydrogen-bond acceptors (Lipinski definition) is 4. The van der Waals surface area contributed by atoms with Gasteiger partial charge in [-0.05, 0) is 36.4 Å². The first kappa shape index (κ1) is 19.5. The van der Waals surface area contributed by atoms with Gasteiger partial charge in [0.2, 0.25) is 10.0 Å². The van der Waals surface area contributed by atoms with E-state index in [0.29, 0.717) is 31.9 Å². The Morgan fingerprint density at radius 3 is 2.08 bits per heavy atom. The number of rotatable bonds is 4. The maximum atomic E-state index is 12.7. The van der Waals surface area contributed by atoms with Crippen molar-refractivity contribution in [3.63, 3.8) is 0 Å². The highest BCUT2D eigenvalue weighted by molar-refractivity contribution is 7.89. The summed E-state index contributed by atoms with van der Waals surface area (Å²) in [6.07, 6.45) is 0. The second kappa shape index (κ2) is 8.05. The summed E-state index contributed by atoms with van der Waals surface area (Å²) in [6, 6.07) is 13.5. The predicted molar refractivity (Wildman–Crippen MR) is 90.2 cm³/mol. The van der Waals surface area contributed by atoms with Crippen LogP contribution >= 0.6 is 0 Å². The number of nitrogens with one attached hydrogen (secondary N) is 1. The van der Waals surface area contributed by atoms with Gasteiger partial charge in [-0.1, -0.05) is 0 Å². The number of phenolic OH excluding ortho intramolecular Hbond substituents is 1. The molecular weight excluding hydrogens is 364 g/mol. The second-order valence-electron chi connectivity index (χ2n) is 5.73. The molecule has 0 spiro atoms. The maximum Gasteiger partial charge on any atom is 0.243 e. The number of halogens is 1. The van der Waals surface area contributed by atoms with Crippen LogP contribution in [-0.4, -0.2) is 51.1 Å². The van der Waals surface area contributed by atoms with E-state index in [2.05, 4.69) is 0 Å². The van der Waals surface area contributed by atoms with Crippen LogP contribution in [0.25, 0.3) is 0 Å². The monoisotopic (exact) mass is 384 g/mol. The second-order valence-corrected chi connectivity index (χ2v) is 7.67. The molecule has 8 heteroatoms. The fourth-order valence-electron chi connectivity index (χ4n) is 2.88. The number of sulfonamides is 1. The zero-order valence-electron chi connectivity index (χ0n) is 13.9. The van der Waals surface area contributed by atoms with Gasteiger partial charge in [0, 0.05) is 12.1 Å². The maximum absolute atomic E-state index is 12.7. The molecule has 2 aromatic rings. The van der Waals surface area contributed by atoms with Gasteiger partial charge in [-0.3, -0.25) is 0 Å². The number of nitrogens with zero attached hydrogens (tertiary/aromatic N) is 1. The van der Waals surface area contributed by atoms with Crippen LogP contribution in [0, 0.1) is 0 Å². The van der Waals surface area contributed by atoms with E-state index < -0.39 is 10.0 Å². The molecule has 0 saturated carbocycles. The van der Waals surface area contributed by atoms with Crippen molar-refractivity contribution >= 4 is 15.7 Å². The smallest absolute Gasteiger partial charge is 0.243 e. The van der Waals surface area contributed by atoms with Gasteiger partial charge in [0.05, 0.1) is 38.2 Å². The van der Waals surface area contributed by atoms with E-state index in [1.54, 1.807) is 43.5 Å². The Bertz CT molecular complexity index is 786. The molecule has 6 nitrogen and oxygen atoms in total. The van der Waals surface area contributed by atoms with Gasteiger partial charge in [0.1, 0.15) is 17.2 Å². The molecule has 1 aliphatic heterocycles. The van der Waals surface area contributed by atoms with Crippen molar-refractivity contribution in [3.8, 4) is 11.5 Å². The van der Waals surface area contributed by atoms with Crippen LogP contribution in [0.15, 0.2) is 53.4 Å². The lowest BCUT2D eigenvalue weighted by Gasteiger charge is -2.31. The number of piperazine rings is 1. The molecule has 3 rings (SSSR count). The molecule has 0 aromatic heterocycles. The Balaban J connectivity index is 0.00000225. The molecule has 136 valence electrons. The SMILES string of the molecule is COc1ccc(S(=O)(=O)N2CC[NH+](c3ccc(O)cc3)CC2)cc1.[Cl-]. The van der Waals surface area contributed by atoms with E-state index >= 15 is 0 Å². The summed E-state index contributed by atoms with van der Waals surface area (Å²) in [5.74, 6) is 0.870. The lowest BCUT2D eigenvalue weighted by molar-refractivity contribution is -0.837. The quantitative estimate of drug-likeness (QED) is 0.578. The molecule has 0 unspecified atom stereocenters. The largest absolute Gasteiger partial charge is 1.00 e. The van der Waals surface area contributed by atoms with Crippen LogP contribution in [0.5, 0.6) is 11.5 Å². The van der Waals surface area contributed by atoms with E-state index in [-0.39, 0.29) is 23.1 Å². The van der Waals surface area contributed by atoms with Crippen molar-refractivity contribution in [2.75, 3.05) is 33.3 Å². The van der Waals surface area contributed by atoms with Crippen LogP contribution in [0.4, 0.5) is 5.69 Å². The molecule has 2 N–H and O–H groups in total. The average molecular weight is 385 g/mol. The minimum atomic E-state index is -3.47. The minimum absolute atomic E-state index is 0. The average Bonchev–Trinajstić information content (AvgIpc) is 2.62. The van der Waals surface area contributed by atoms with Gasteiger partial charge >= 0.3 is 0 Å².